The summed E-state index contributed by atoms with van der Waals surface area (Å²) in [5, 5.41) is 12.3. The van der Waals surface area contributed by atoms with Gasteiger partial charge in [-0.1, -0.05) is 41.0 Å². The van der Waals surface area contributed by atoms with Gasteiger partial charge < -0.3 is 0 Å². The first kappa shape index (κ1) is 17.1. The van der Waals surface area contributed by atoms with E-state index < -0.39 is 0 Å². The molecule has 128 valence electrons. The second-order valence-corrected chi connectivity index (χ2v) is 8.43. The van der Waals surface area contributed by atoms with Crippen LogP contribution in [-0.2, 0) is 0 Å². The maximum Gasteiger partial charge on any atom is 0.192 e. The highest BCUT2D eigenvalue weighted by Gasteiger charge is 2.30. The molecule has 0 spiro atoms. The highest BCUT2D eigenvalue weighted by atomic mass is 35.5. The zero-order valence-corrected chi connectivity index (χ0v) is 16.1. The minimum Gasteiger partial charge on any atom is -0.298 e. The molecule has 25 heavy (non-hydrogen) atoms. The van der Waals surface area contributed by atoms with Gasteiger partial charge in [0.1, 0.15) is 0 Å². The van der Waals surface area contributed by atoms with Gasteiger partial charge in [-0.25, -0.2) is 0 Å². The van der Waals surface area contributed by atoms with Crippen LogP contribution in [0.1, 0.15) is 29.2 Å². The monoisotopic (exact) mass is 409 g/mol. The van der Waals surface area contributed by atoms with Crippen molar-refractivity contribution in [3.8, 4) is 10.7 Å². The van der Waals surface area contributed by atoms with Gasteiger partial charge in [-0.2, -0.15) is 0 Å². The van der Waals surface area contributed by atoms with Gasteiger partial charge in [0.15, 0.2) is 16.8 Å². The van der Waals surface area contributed by atoms with Crippen LogP contribution in [0.2, 0.25) is 10.0 Å². The van der Waals surface area contributed by atoms with Gasteiger partial charge in [0.25, 0.3) is 0 Å². The van der Waals surface area contributed by atoms with Crippen molar-refractivity contribution in [2.24, 2.45) is 0 Å². The molecule has 1 fully saturated rings. The molecule has 4 rings (SSSR count). The second kappa shape index (κ2) is 7.11. The average molecular weight is 410 g/mol. The molecule has 4 nitrogen and oxygen atoms in total. The highest BCUT2D eigenvalue weighted by Crippen LogP contribution is 2.41. The molecule has 2 aromatic heterocycles. The number of thioether (sulfide) groups is 1. The lowest BCUT2D eigenvalue weighted by molar-refractivity contribution is 0.102. The van der Waals surface area contributed by atoms with E-state index in [1.165, 1.54) is 11.8 Å². The van der Waals surface area contributed by atoms with Gasteiger partial charge in [-0.15, -0.1) is 21.5 Å². The summed E-state index contributed by atoms with van der Waals surface area (Å²) in [7, 11) is 0. The summed E-state index contributed by atoms with van der Waals surface area (Å²) < 4.78 is 2.17. The Kier molecular flexibility index (Phi) is 4.86. The van der Waals surface area contributed by atoms with Gasteiger partial charge in [-0.05, 0) is 42.5 Å². The lowest BCUT2D eigenvalue weighted by Gasteiger charge is -2.07. The zero-order chi connectivity index (χ0) is 17.4. The fourth-order valence-electron chi connectivity index (χ4n) is 2.49. The van der Waals surface area contributed by atoms with Gasteiger partial charge in [0, 0.05) is 11.6 Å². The third kappa shape index (κ3) is 3.62. The maximum absolute atomic E-state index is 12.4. The van der Waals surface area contributed by atoms with Gasteiger partial charge in [-0.3, -0.25) is 9.36 Å². The van der Waals surface area contributed by atoms with Gasteiger partial charge in [0.2, 0.25) is 0 Å². The molecule has 0 amide bonds. The summed E-state index contributed by atoms with van der Waals surface area (Å²) in [5.41, 5.74) is 0.554. The summed E-state index contributed by atoms with van der Waals surface area (Å²) in [6, 6.07) is 9.43. The van der Waals surface area contributed by atoms with E-state index in [4.69, 9.17) is 23.2 Å². The Labute approximate surface area is 163 Å². The molecule has 8 heteroatoms. The molecule has 1 aromatic carbocycles. The Balaban J connectivity index is 1.53. The summed E-state index contributed by atoms with van der Waals surface area (Å²) in [6.45, 7) is 0. The third-order valence-electron chi connectivity index (χ3n) is 3.89. The van der Waals surface area contributed by atoms with Crippen molar-refractivity contribution in [3.05, 3.63) is 51.3 Å². The number of hydrogen-bond donors (Lipinski definition) is 0. The molecular formula is C17H13Cl2N3OS2. The standard InChI is InChI=1S/C17H13Cl2N3OS2/c18-12-6-3-10(8-13(12)19)14(23)9-25-17-21-20-16(15-2-1-7-24-15)22(17)11-4-5-11/h1-3,6-8,11H,4-5,9H2. The Morgan fingerprint density at radius 1 is 1.24 bits per heavy atom. The molecule has 0 aliphatic heterocycles. The fourth-order valence-corrected chi connectivity index (χ4v) is 4.40. The van der Waals surface area contributed by atoms with Crippen LogP contribution in [0.5, 0.6) is 0 Å². The van der Waals surface area contributed by atoms with Gasteiger partial charge >= 0.3 is 0 Å². The first-order valence-electron chi connectivity index (χ1n) is 7.73. The SMILES string of the molecule is O=C(CSc1nnc(-c2cccs2)n1C1CC1)c1ccc(Cl)c(Cl)c1. The first-order valence-corrected chi connectivity index (χ1v) is 10.4. The van der Waals surface area contributed by atoms with Crippen molar-refractivity contribution in [2.45, 2.75) is 24.0 Å². The lowest BCUT2D eigenvalue weighted by Crippen LogP contribution is -2.05. The number of aromatic nitrogens is 3. The number of carbonyl (C=O) groups excluding carboxylic acids is 1. The molecule has 0 N–H and O–H groups in total. The predicted molar refractivity (Wildman–Crippen MR) is 103 cm³/mol. The number of ketones is 1. The predicted octanol–water partition coefficient (Wildman–Crippen LogP) is 5.62. The van der Waals surface area contributed by atoms with Crippen LogP contribution >= 0.6 is 46.3 Å². The Morgan fingerprint density at radius 3 is 2.76 bits per heavy atom. The molecule has 0 unspecified atom stereocenters. The summed E-state index contributed by atoms with van der Waals surface area (Å²) in [6.07, 6.45) is 2.26. The second-order valence-electron chi connectivity index (χ2n) is 5.73. The van der Waals surface area contributed by atoms with Crippen molar-refractivity contribution >= 4 is 52.1 Å². The number of rotatable bonds is 6. The van der Waals surface area contributed by atoms with Crippen LogP contribution in [0.15, 0.2) is 40.9 Å². The number of nitrogens with zero attached hydrogens (tertiary/aromatic N) is 3. The number of carbonyl (C=O) groups is 1. The summed E-state index contributed by atoms with van der Waals surface area (Å²) in [4.78, 5) is 13.5. The number of thiophene rings is 1. The van der Waals surface area contributed by atoms with E-state index in [1.54, 1.807) is 29.5 Å². The zero-order valence-electron chi connectivity index (χ0n) is 13.0. The van der Waals surface area contributed by atoms with Crippen LogP contribution < -0.4 is 0 Å². The topological polar surface area (TPSA) is 47.8 Å². The van der Waals surface area contributed by atoms with E-state index in [9.17, 15) is 4.79 Å². The van der Waals surface area contributed by atoms with E-state index in [2.05, 4.69) is 14.8 Å². The Hall–Kier alpha value is -1.34. The fraction of sp³-hybridized carbons (Fsp3) is 0.235. The van der Waals surface area contributed by atoms with Crippen LogP contribution in [0.4, 0.5) is 0 Å². The van der Waals surface area contributed by atoms with Crippen molar-refractivity contribution < 1.29 is 4.79 Å². The van der Waals surface area contributed by atoms with Crippen molar-refractivity contribution in [2.75, 3.05) is 5.75 Å². The van der Waals surface area contributed by atoms with Crippen molar-refractivity contribution in [3.63, 3.8) is 0 Å². The Morgan fingerprint density at radius 2 is 2.08 bits per heavy atom. The molecule has 0 bridgehead atoms. The van der Waals surface area contributed by atoms with Crippen LogP contribution in [0.3, 0.4) is 0 Å². The molecular weight excluding hydrogens is 397 g/mol. The van der Waals surface area contributed by atoms with Crippen LogP contribution in [0, 0.1) is 0 Å². The quantitative estimate of drug-likeness (QED) is 0.391. The smallest absolute Gasteiger partial charge is 0.192 e. The minimum absolute atomic E-state index is 0.00779. The van der Waals surface area contributed by atoms with E-state index in [1.807, 2.05) is 17.5 Å². The molecule has 1 saturated carbocycles. The number of benzene rings is 1. The number of halogens is 2. The summed E-state index contributed by atoms with van der Waals surface area (Å²) in [5.74, 6) is 1.17. The molecule has 0 radical (unpaired) electrons. The highest BCUT2D eigenvalue weighted by molar-refractivity contribution is 7.99. The van der Waals surface area contributed by atoms with Crippen LogP contribution in [-0.4, -0.2) is 26.3 Å². The number of Topliss-reactive ketones (excluding diaryl/α,β-unsaturated/α-hetero) is 1. The molecule has 2 heterocycles. The lowest BCUT2D eigenvalue weighted by atomic mass is 10.1. The van der Waals surface area contributed by atoms with E-state index >= 15 is 0 Å². The third-order valence-corrected chi connectivity index (χ3v) is 6.44. The van der Waals surface area contributed by atoms with E-state index in [0.717, 1.165) is 28.7 Å². The number of hydrogen-bond acceptors (Lipinski definition) is 5. The molecule has 1 aliphatic rings. The van der Waals surface area contributed by atoms with E-state index in [-0.39, 0.29) is 11.5 Å². The average Bonchev–Trinajstić information content (AvgIpc) is 3.13. The largest absolute Gasteiger partial charge is 0.298 e. The first-order chi connectivity index (χ1) is 12.1. The molecule has 0 saturated heterocycles. The molecule has 3 aromatic rings. The molecule has 0 atom stereocenters. The van der Waals surface area contributed by atoms with Gasteiger partial charge in [0.05, 0.1) is 20.7 Å². The minimum atomic E-state index is -0.00779. The molecule has 1 aliphatic carbocycles. The van der Waals surface area contributed by atoms with Crippen molar-refractivity contribution in [1.82, 2.24) is 14.8 Å². The maximum atomic E-state index is 12.4. The van der Waals surface area contributed by atoms with E-state index in [0.29, 0.717) is 21.7 Å². The van der Waals surface area contributed by atoms with Crippen molar-refractivity contribution in [1.29, 1.82) is 0 Å². The summed E-state index contributed by atoms with van der Waals surface area (Å²) >= 11 is 15.0. The van der Waals surface area contributed by atoms with Crippen LogP contribution in [0.25, 0.3) is 10.7 Å². The normalized spacial score (nSPS) is 14.0. The Bertz CT molecular complexity index is 920.